The van der Waals surface area contributed by atoms with Crippen LogP contribution in [0.2, 0.25) is 0 Å². The third kappa shape index (κ3) is 1.81. The second-order valence-electron chi connectivity index (χ2n) is 5.66. The van der Waals surface area contributed by atoms with Crippen LogP contribution in [0, 0.1) is 6.92 Å². The van der Waals surface area contributed by atoms with Gasteiger partial charge in [-0.15, -0.1) is 0 Å². The molecule has 0 N–H and O–H groups in total. The van der Waals surface area contributed by atoms with Gasteiger partial charge in [0.1, 0.15) is 0 Å². The van der Waals surface area contributed by atoms with Gasteiger partial charge in [0.25, 0.3) is 7.11 Å². The second kappa shape index (κ2) is 4.56. The van der Waals surface area contributed by atoms with Gasteiger partial charge in [-0.25, -0.2) is 0 Å². The van der Waals surface area contributed by atoms with Crippen molar-refractivity contribution < 1.29 is 4.42 Å². The normalized spacial score (nSPS) is 15.8. The molecule has 1 heteroatoms. The first kappa shape index (κ1) is 12.3. The average Bonchev–Trinajstić information content (AvgIpc) is 2.53. The summed E-state index contributed by atoms with van der Waals surface area (Å²) in [5.41, 5.74) is 4.03. The Morgan fingerprint density at radius 2 is 1.81 bits per heavy atom. The second-order valence-corrected chi connectivity index (χ2v) is 5.66. The van der Waals surface area contributed by atoms with Crippen LogP contribution in [-0.4, -0.2) is 12.9 Å². The topological polar surface area (TPSA) is 11.3 Å². The van der Waals surface area contributed by atoms with Crippen LogP contribution in [0.25, 0.3) is 27.6 Å². The van der Waals surface area contributed by atoms with Gasteiger partial charge < -0.3 is 0 Å². The number of ketones is 1. The van der Waals surface area contributed by atoms with Gasteiger partial charge >= 0.3 is 5.78 Å². The van der Waals surface area contributed by atoms with E-state index in [-0.39, 0.29) is 0 Å². The zero-order chi connectivity index (χ0) is 14.4. The summed E-state index contributed by atoms with van der Waals surface area (Å²) in [7, 11) is 1.74. The van der Waals surface area contributed by atoms with Crippen molar-refractivity contribution in [3.05, 3.63) is 65.2 Å². The molecule has 0 heterocycles. The lowest BCUT2D eigenvalue weighted by molar-refractivity contribution is -0.420. The van der Waals surface area contributed by atoms with E-state index in [1.807, 2.05) is 0 Å². The lowest BCUT2D eigenvalue weighted by Crippen LogP contribution is -2.08. The van der Waals surface area contributed by atoms with E-state index in [9.17, 15) is 0 Å². The highest BCUT2D eigenvalue weighted by atomic mass is 16.4. The van der Waals surface area contributed by atoms with Crippen molar-refractivity contribution in [1.82, 2.24) is 0 Å². The van der Waals surface area contributed by atoms with Crippen molar-refractivity contribution in [1.29, 1.82) is 0 Å². The maximum atomic E-state index is 5.39. The van der Waals surface area contributed by atoms with Crippen molar-refractivity contribution in [2.24, 2.45) is 0 Å². The van der Waals surface area contributed by atoms with Crippen molar-refractivity contribution in [3.8, 4) is 0 Å². The first-order chi connectivity index (χ1) is 10.3. The standard InChI is InChI=1S/C20H17O/c1-13-11-14-5-3-4-6-17(14)19-9-7-15-12-16(21-2)8-10-18(15)20(13)19/h3-11H,12H2,1-2H3/q+1. The number of benzene rings is 3. The van der Waals surface area contributed by atoms with Crippen molar-refractivity contribution in [2.45, 2.75) is 13.3 Å². The minimum absolute atomic E-state index is 0.880. The first-order valence-corrected chi connectivity index (χ1v) is 7.30. The summed E-state index contributed by atoms with van der Waals surface area (Å²) >= 11 is 0. The van der Waals surface area contributed by atoms with E-state index in [0.29, 0.717) is 0 Å². The Labute approximate surface area is 124 Å². The van der Waals surface area contributed by atoms with Gasteiger partial charge in [-0.05, 0) is 51.2 Å². The quantitative estimate of drug-likeness (QED) is 0.419. The molecule has 1 nitrogen and oxygen atoms in total. The van der Waals surface area contributed by atoms with Crippen molar-refractivity contribution in [2.75, 3.05) is 7.11 Å². The molecular weight excluding hydrogens is 256 g/mol. The van der Waals surface area contributed by atoms with Crippen LogP contribution in [-0.2, 0) is 10.8 Å². The van der Waals surface area contributed by atoms with Crippen LogP contribution in [0.4, 0.5) is 0 Å². The number of allylic oxidation sites excluding steroid dienone is 1. The maximum Gasteiger partial charge on any atom is 0.323 e. The smallest absolute Gasteiger partial charge is 0.262 e. The molecule has 4 rings (SSSR count). The molecule has 3 aromatic carbocycles. The Morgan fingerprint density at radius 1 is 0.952 bits per heavy atom. The monoisotopic (exact) mass is 273 g/mol. The molecule has 21 heavy (non-hydrogen) atoms. The van der Waals surface area contributed by atoms with Crippen LogP contribution < -0.4 is 0 Å². The van der Waals surface area contributed by atoms with E-state index in [0.717, 1.165) is 12.2 Å². The molecule has 0 bridgehead atoms. The highest BCUT2D eigenvalue weighted by Gasteiger charge is 2.19. The fraction of sp³-hybridized carbons (Fsp3) is 0.150. The van der Waals surface area contributed by atoms with Gasteiger partial charge in [-0.1, -0.05) is 42.5 Å². The molecule has 0 aliphatic heterocycles. The van der Waals surface area contributed by atoms with E-state index >= 15 is 0 Å². The van der Waals surface area contributed by atoms with Crippen LogP contribution in [0.1, 0.15) is 16.7 Å². The van der Waals surface area contributed by atoms with E-state index in [1.165, 1.54) is 38.2 Å². The Morgan fingerprint density at radius 3 is 2.67 bits per heavy atom. The molecule has 0 amide bonds. The summed E-state index contributed by atoms with van der Waals surface area (Å²) < 4.78 is 5.39. The summed E-state index contributed by atoms with van der Waals surface area (Å²) in [6.07, 6.45) is 5.17. The van der Waals surface area contributed by atoms with Gasteiger partial charge in [0, 0.05) is 6.08 Å². The predicted octanol–water partition coefficient (Wildman–Crippen LogP) is 4.61. The van der Waals surface area contributed by atoms with Crippen LogP contribution >= 0.6 is 0 Å². The van der Waals surface area contributed by atoms with Crippen LogP contribution in [0.3, 0.4) is 0 Å². The lowest BCUT2D eigenvalue weighted by Gasteiger charge is -2.15. The van der Waals surface area contributed by atoms with E-state index in [4.69, 9.17) is 4.42 Å². The maximum absolute atomic E-state index is 5.39. The molecule has 0 saturated carbocycles. The zero-order valence-electron chi connectivity index (χ0n) is 12.3. The number of fused-ring (bicyclic) bond motifs is 5. The van der Waals surface area contributed by atoms with E-state index in [1.54, 1.807) is 7.11 Å². The fourth-order valence-electron chi connectivity index (χ4n) is 3.39. The molecule has 3 aromatic rings. The summed E-state index contributed by atoms with van der Waals surface area (Å²) in [4.78, 5) is 0. The number of aryl methyl sites for hydroxylation is 1. The van der Waals surface area contributed by atoms with Gasteiger partial charge in [-0.3, -0.25) is 4.42 Å². The highest BCUT2D eigenvalue weighted by molar-refractivity contribution is 6.13. The highest BCUT2D eigenvalue weighted by Crippen LogP contribution is 2.34. The van der Waals surface area contributed by atoms with Crippen LogP contribution in [0.15, 0.2) is 48.5 Å². The molecule has 102 valence electrons. The van der Waals surface area contributed by atoms with E-state index < -0.39 is 0 Å². The van der Waals surface area contributed by atoms with Crippen molar-refractivity contribution >= 4 is 33.4 Å². The Kier molecular flexibility index (Phi) is 2.68. The first-order valence-electron chi connectivity index (χ1n) is 7.30. The summed E-state index contributed by atoms with van der Waals surface area (Å²) in [6.45, 7) is 2.21. The van der Waals surface area contributed by atoms with Crippen LogP contribution in [0.5, 0.6) is 0 Å². The number of hydrogen-bond acceptors (Lipinski definition) is 0. The van der Waals surface area contributed by atoms with Crippen molar-refractivity contribution in [3.63, 3.8) is 0 Å². The minimum atomic E-state index is 0.880. The third-order valence-electron chi connectivity index (χ3n) is 4.42. The third-order valence-corrected chi connectivity index (χ3v) is 4.42. The lowest BCUT2D eigenvalue weighted by atomic mass is 9.87. The molecule has 0 radical (unpaired) electrons. The molecule has 0 spiro atoms. The SMILES string of the molecule is C[O+]=C1C=Cc2c(ccc3c2c(C)cc2ccccc23)C1. The summed E-state index contributed by atoms with van der Waals surface area (Å²) in [5, 5.41) is 5.36. The molecule has 0 saturated heterocycles. The van der Waals surface area contributed by atoms with Gasteiger partial charge in [-0.2, -0.15) is 0 Å². The minimum Gasteiger partial charge on any atom is -0.262 e. The van der Waals surface area contributed by atoms with E-state index in [2.05, 4.69) is 61.5 Å². The number of hydrogen-bond donors (Lipinski definition) is 0. The number of rotatable bonds is 0. The molecule has 0 atom stereocenters. The average molecular weight is 273 g/mol. The largest absolute Gasteiger partial charge is 0.323 e. The van der Waals surface area contributed by atoms with Gasteiger partial charge in [0.15, 0.2) is 0 Å². The molecule has 0 fully saturated rings. The van der Waals surface area contributed by atoms with Gasteiger partial charge in [0.05, 0.1) is 6.42 Å². The molecule has 0 aromatic heterocycles. The molecule has 1 aliphatic rings. The number of carbonyl (C=O) groups excluding carboxylic acids is 1. The van der Waals surface area contributed by atoms with Gasteiger partial charge in [0.2, 0.25) is 0 Å². The Balaban J connectivity index is 2.14. The Hall–Kier alpha value is -2.41. The molecule has 1 aliphatic carbocycles. The summed E-state index contributed by atoms with van der Waals surface area (Å²) in [5.74, 6) is 1.03. The summed E-state index contributed by atoms with van der Waals surface area (Å²) in [6, 6.07) is 15.4. The predicted molar refractivity (Wildman–Crippen MR) is 89.9 cm³/mol. The zero-order valence-corrected chi connectivity index (χ0v) is 12.3. The fourth-order valence-corrected chi connectivity index (χ4v) is 3.39. The molecular formula is C20H17O+. The Bertz CT molecular complexity index is 929. The molecule has 0 unspecified atom stereocenters.